The summed E-state index contributed by atoms with van der Waals surface area (Å²) in [6.07, 6.45) is 0.718. The van der Waals surface area contributed by atoms with Crippen LogP contribution < -0.4 is 4.90 Å². The molecule has 1 N–H and O–H groups in total. The van der Waals surface area contributed by atoms with Crippen LogP contribution in [0.25, 0.3) is 0 Å². The molecule has 1 heterocycles. The molecule has 18 heavy (non-hydrogen) atoms. The quantitative estimate of drug-likeness (QED) is 0.861. The summed E-state index contributed by atoms with van der Waals surface area (Å²) in [5.74, 6) is -0.891. The molecule has 0 atom stereocenters. The fourth-order valence-corrected chi connectivity index (χ4v) is 2.15. The second kappa shape index (κ2) is 4.78. The first-order valence-electron chi connectivity index (χ1n) is 5.80. The van der Waals surface area contributed by atoms with Crippen LogP contribution in [0.4, 0.5) is 5.69 Å². The van der Waals surface area contributed by atoms with Crippen molar-refractivity contribution in [3.05, 3.63) is 29.3 Å². The van der Waals surface area contributed by atoms with Gasteiger partial charge in [0.25, 0.3) is 0 Å². The maximum atomic E-state index is 12.0. The van der Waals surface area contributed by atoms with Crippen molar-refractivity contribution in [3.8, 4) is 0 Å². The van der Waals surface area contributed by atoms with Crippen LogP contribution in [0.2, 0.25) is 0 Å². The molecule has 2 rings (SSSR count). The third-order valence-corrected chi connectivity index (χ3v) is 2.97. The van der Waals surface area contributed by atoms with Gasteiger partial charge in [-0.15, -0.1) is 0 Å². The first-order valence-corrected chi connectivity index (χ1v) is 5.80. The fraction of sp³-hybridized carbons (Fsp3) is 0.385. The third-order valence-electron chi connectivity index (χ3n) is 2.97. The number of anilines is 1. The first kappa shape index (κ1) is 12.6. The van der Waals surface area contributed by atoms with Gasteiger partial charge in [0.05, 0.1) is 12.1 Å². The van der Waals surface area contributed by atoms with Gasteiger partial charge in [-0.25, -0.2) is 4.79 Å². The summed E-state index contributed by atoms with van der Waals surface area (Å²) >= 11 is 0. The van der Waals surface area contributed by atoms with Crippen molar-refractivity contribution in [2.45, 2.75) is 6.42 Å². The van der Waals surface area contributed by atoms with Gasteiger partial charge in [-0.2, -0.15) is 0 Å². The minimum atomic E-state index is -0.934. The number of fused-ring (bicyclic) bond motifs is 1. The van der Waals surface area contributed by atoms with Crippen LogP contribution in [0.1, 0.15) is 15.9 Å². The Labute approximate surface area is 106 Å². The van der Waals surface area contributed by atoms with Crippen molar-refractivity contribution in [3.63, 3.8) is 0 Å². The van der Waals surface area contributed by atoms with Gasteiger partial charge in [0, 0.05) is 12.2 Å². The number of hydrogen-bond acceptors (Lipinski definition) is 3. The smallest absolute Gasteiger partial charge is 0.335 e. The van der Waals surface area contributed by atoms with Crippen molar-refractivity contribution in [2.75, 3.05) is 32.1 Å². The van der Waals surface area contributed by atoms with E-state index >= 15 is 0 Å². The highest BCUT2D eigenvalue weighted by Gasteiger charge is 2.25. The largest absolute Gasteiger partial charge is 0.478 e. The lowest BCUT2D eigenvalue weighted by Crippen LogP contribution is -2.36. The minimum Gasteiger partial charge on any atom is -0.478 e. The van der Waals surface area contributed by atoms with Crippen LogP contribution in [0.5, 0.6) is 0 Å². The Hall–Kier alpha value is -1.88. The van der Waals surface area contributed by atoms with Gasteiger partial charge in [0.15, 0.2) is 0 Å². The van der Waals surface area contributed by atoms with Gasteiger partial charge in [0.1, 0.15) is 0 Å². The van der Waals surface area contributed by atoms with E-state index in [-0.39, 0.29) is 11.5 Å². The monoisotopic (exact) mass is 248 g/mol. The highest BCUT2D eigenvalue weighted by atomic mass is 16.4. The van der Waals surface area contributed by atoms with E-state index in [0.717, 1.165) is 17.7 Å². The molecule has 0 bridgehead atoms. The molecule has 96 valence electrons. The molecule has 0 fully saturated rings. The lowest BCUT2D eigenvalue weighted by atomic mass is 10.1. The maximum Gasteiger partial charge on any atom is 0.335 e. The molecule has 0 saturated heterocycles. The molecule has 0 unspecified atom stereocenters. The molecule has 1 amide bonds. The van der Waals surface area contributed by atoms with Gasteiger partial charge in [-0.3, -0.25) is 4.79 Å². The number of carbonyl (C=O) groups is 2. The number of carbonyl (C=O) groups excluding carboxylic acids is 1. The van der Waals surface area contributed by atoms with E-state index in [4.69, 9.17) is 5.11 Å². The Bertz CT molecular complexity index is 497. The normalized spacial score (nSPS) is 13.8. The van der Waals surface area contributed by atoms with Crippen molar-refractivity contribution >= 4 is 17.6 Å². The number of benzene rings is 1. The molecule has 0 saturated carbocycles. The molecule has 1 aromatic carbocycles. The van der Waals surface area contributed by atoms with Crippen LogP contribution in [0.3, 0.4) is 0 Å². The minimum absolute atomic E-state index is 0.0434. The van der Waals surface area contributed by atoms with Crippen molar-refractivity contribution < 1.29 is 14.7 Å². The second-order valence-corrected chi connectivity index (χ2v) is 4.68. The Morgan fingerprint density at radius 3 is 2.72 bits per heavy atom. The van der Waals surface area contributed by atoms with Crippen LogP contribution in [0, 0.1) is 0 Å². The van der Waals surface area contributed by atoms with Crippen LogP contribution in [-0.4, -0.2) is 49.1 Å². The number of hydrogen-bond donors (Lipinski definition) is 1. The van der Waals surface area contributed by atoms with Gasteiger partial charge in [0.2, 0.25) is 5.91 Å². The summed E-state index contributed by atoms with van der Waals surface area (Å²) in [4.78, 5) is 26.4. The molecular weight excluding hydrogens is 232 g/mol. The average molecular weight is 248 g/mol. The Kier molecular flexibility index (Phi) is 3.34. The molecule has 5 heteroatoms. The topological polar surface area (TPSA) is 60.9 Å². The SMILES string of the molecule is CN(C)CC(=O)N1CCc2cc(C(=O)O)ccc21. The molecule has 5 nitrogen and oxygen atoms in total. The van der Waals surface area contributed by atoms with Gasteiger partial charge >= 0.3 is 5.97 Å². The van der Waals surface area contributed by atoms with E-state index in [1.807, 2.05) is 19.0 Å². The summed E-state index contributed by atoms with van der Waals surface area (Å²) < 4.78 is 0. The number of rotatable bonds is 3. The second-order valence-electron chi connectivity index (χ2n) is 4.68. The predicted molar refractivity (Wildman–Crippen MR) is 68.0 cm³/mol. The van der Waals surface area contributed by atoms with E-state index in [9.17, 15) is 9.59 Å². The van der Waals surface area contributed by atoms with Crippen LogP contribution >= 0.6 is 0 Å². The summed E-state index contributed by atoms with van der Waals surface area (Å²) in [5, 5.41) is 8.92. The zero-order valence-electron chi connectivity index (χ0n) is 10.5. The molecule has 0 radical (unpaired) electrons. The predicted octanol–water partition coefficient (Wildman–Crippen LogP) is 0.835. The van der Waals surface area contributed by atoms with Crippen LogP contribution in [0.15, 0.2) is 18.2 Å². The van der Waals surface area contributed by atoms with E-state index in [1.165, 1.54) is 0 Å². The van der Waals surface area contributed by atoms with Gasteiger partial charge in [-0.1, -0.05) is 0 Å². The van der Waals surface area contributed by atoms with E-state index < -0.39 is 5.97 Å². The molecule has 1 aromatic rings. The number of likely N-dealkylation sites (N-methyl/N-ethyl adjacent to an activating group) is 1. The molecular formula is C13H16N2O3. The number of amides is 1. The first-order chi connectivity index (χ1) is 8.49. The van der Waals surface area contributed by atoms with E-state index in [0.29, 0.717) is 13.1 Å². The summed E-state index contributed by atoms with van der Waals surface area (Å²) in [6, 6.07) is 4.92. The number of nitrogens with zero attached hydrogens (tertiary/aromatic N) is 2. The molecule has 0 aromatic heterocycles. The Morgan fingerprint density at radius 2 is 2.11 bits per heavy atom. The molecule has 1 aliphatic heterocycles. The Morgan fingerprint density at radius 1 is 1.39 bits per heavy atom. The van der Waals surface area contributed by atoms with E-state index in [2.05, 4.69) is 0 Å². The average Bonchev–Trinajstić information content (AvgIpc) is 2.70. The Balaban J connectivity index is 2.24. The van der Waals surface area contributed by atoms with Crippen LogP contribution in [-0.2, 0) is 11.2 Å². The van der Waals surface area contributed by atoms with Crippen molar-refractivity contribution in [2.24, 2.45) is 0 Å². The molecule has 1 aliphatic rings. The molecule has 0 spiro atoms. The number of aromatic carboxylic acids is 1. The zero-order valence-corrected chi connectivity index (χ0v) is 10.5. The fourth-order valence-electron chi connectivity index (χ4n) is 2.15. The summed E-state index contributed by atoms with van der Waals surface area (Å²) in [7, 11) is 3.70. The van der Waals surface area contributed by atoms with Gasteiger partial charge < -0.3 is 14.9 Å². The number of carboxylic acids is 1. The summed E-state index contributed by atoms with van der Waals surface area (Å²) in [6.45, 7) is 0.991. The highest BCUT2D eigenvalue weighted by Crippen LogP contribution is 2.28. The number of carboxylic acid groups (broad SMARTS) is 1. The van der Waals surface area contributed by atoms with E-state index in [1.54, 1.807) is 23.1 Å². The highest BCUT2D eigenvalue weighted by molar-refractivity contribution is 5.98. The zero-order chi connectivity index (χ0) is 13.3. The summed E-state index contributed by atoms with van der Waals surface area (Å²) in [5.41, 5.74) is 2.05. The maximum absolute atomic E-state index is 12.0. The third kappa shape index (κ3) is 2.36. The molecule has 0 aliphatic carbocycles. The lowest BCUT2D eigenvalue weighted by Gasteiger charge is -2.19. The van der Waals surface area contributed by atoms with Crippen molar-refractivity contribution in [1.82, 2.24) is 4.90 Å². The van der Waals surface area contributed by atoms with Gasteiger partial charge in [-0.05, 0) is 44.3 Å². The van der Waals surface area contributed by atoms with Crippen molar-refractivity contribution in [1.29, 1.82) is 0 Å². The lowest BCUT2D eigenvalue weighted by molar-refractivity contribution is -0.119. The standard InChI is InChI=1S/C13H16N2O3/c1-14(2)8-12(16)15-6-5-9-7-10(13(17)18)3-4-11(9)15/h3-4,7H,5-6,8H2,1-2H3,(H,17,18).